The summed E-state index contributed by atoms with van der Waals surface area (Å²) in [5.41, 5.74) is 3.55. The van der Waals surface area contributed by atoms with E-state index in [-0.39, 0.29) is 29.3 Å². The van der Waals surface area contributed by atoms with Crippen LogP contribution in [0, 0.1) is 0 Å². The summed E-state index contributed by atoms with van der Waals surface area (Å²) in [7, 11) is 0. The van der Waals surface area contributed by atoms with Gasteiger partial charge in [-0.15, -0.1) is 5.10 Å². The molecule has 4 heterocycles. The number of fused-ring (bicyclic) bond motifs is 1. The number of hydrogen-bond acceptors (Lipinski definition) is 8. The lowest BCUT2D eigenvalue weighted by atomic mass is 10.0. The topological polar surface area (TPSA) is 132 Å². The van der Waals surface area contributed by atoms with Gasteiger partial charge in [0.25, 0.3) is 5.91 Å². The molecular weight excluding hydrogens is 650 g/mol. The minimum absolute atomic E-state index is 0.141. The van der Waals surface area contributed by atoms with Gasteiger partial charge in [0.15, 0.2) is 11.0 Å². The Morgan fingerprint density at radius 2 is 2.00 bits per heavy atom. The molecule has 2 aromatic carbocycles. The minimum atomic E-state index is -0.631. The van der Waals surface area contributed by atoms with Crippen molar-refractivity contribution in [3.63, 3.8) is 0 Å². The van der Waals surface area contributed by atoms with E-state index < -0.39 is 6.04 Å². The van der Waals surface area contributed by atoms with Gasteiger partial charge in [0, 0.05) is 36.0 Å². The number of esters is 1. The monoisotopic (exact) mass is 679 g/mol. The van der Waals surface area contributed by atoms with Crippen LogP contribution < -0.4 is 0 Å². The average Bonchev–Trinajstić information content (AvgIpc) is 3.84. The number of likely N-dealkylation sites (tertiary alicyclic amines) is 1. The van der Waals surface area contributed by atoms with Crippen molar-refractivity contribution in [1.82, 2.24) is 35.1 Å². The molecule has 1 fully saturated rings. The summed E-state index contributed by atoms with van der Waals surface area (Å²) in [5, 5.41) is 15.3. The number of aryl methyl sites for hydroxylation is 1. The van der Waals surface area contributed by atoms with E-state index in [1.807, 2.05) is 47.0 Å². The first-order chi connectivity index (χ1) is 21.4. The number of tetrazole rings is 1. The van der Waals surface area contributed by atoms with E-state index in [0.717, 1.165) is 45.2 Å². The number of nitrogens with one attached hydrogen (secondary N) is 1. The lowest BCUT2D eigenvalue weighted by Crippen LogP contribution is -2.42. The molecule has 1 aliphatic rings. The SMILES string of the molecule is CCCCc1nc(Cl)c(C(=O)N2CCC[C@H]2C(=O)OCC)n1Cc1ccc2oc(-c3ccccc3-c3nnn[nH]3)c(Br)c2c1. The Labute approximate surface area is 267 Å². The van der Waals surface area contributed by atoms with Gasteiger partial charge in [-0.3, -0.25) is 4.79 Å². The highest BCUT2D eigenvalue weighted by Gasteiger charge is 2.38. The molecule has 6 rings (SSSR count). The zero-order valence-electron chi connectivity index (χ0n) is 24.3. The van der Waals surface area contributed by atoms with E-state index in [9.17, 15) is 9.59 Å². The minimum Gasteiger partial charge on any atom is -0.464 e. The average molecular weight is 681 g/mol. The van der Waals surface area contributed by atoms with Gasteiger partial charge in [-0.1, -0.05) is 55.3 Å². The Bertz CT molecular complexity index is 1820. The number of rotatable bonds is 10. The Hall–Kier alpha value is -4.03. The van der Waals surface area contributed by atoms with E-state index in [1.54, 1.807) is 11.8 Å². The number of nitrogens with zero attached hydrogens (tertiary/aromatic N) is 6. The number of aromatic nitrogens is 6. The molecule has 1 amide bonds. The molecule has 0 bridgehead atoms. The molecular formula is C31H31BrClN7O4. The summed E-state index contributed by atoms with van der Waals surface area (Å²) in [4.78, 5) is 32.8. The molecule has 0 spiro atoms. The smallest absolute Gasteiger partial charge is 0.328 e. The van der Waals surface area contributed by atoms with Crippen molar-refractivity contribution in [2.24, 2.45) is 0 Å². The number of amides is 1. The Kier molecular flexibility index (Phi) is 8.81. The van der Waals surface area contributed by atoms with Crippen LogP contribution >= 0.6 is 27.5 Å². The number of benzene rings is 2. The summed E-state index contributed by atoms with van der Waals surface area (Å²) in [6, 6.07) is 13.0. The number of ether oxygens (including phenoxy) is 1. The van der Waals surface area contributed by atoms with E-state index in [2.05, 4.69) is 48.5 Å². The highest BCUT2D eigenvalue weighted by Crippen LogP contribution is 2.41. The summed E-state index contributed by atoms with van der Waals surface area (Å²) in [6.45, 7) is 4.94. The van der Waals surface area contributed by atoms with Crippen LogP contribution in [0.3, 0.4) is 0 Å². The Balaban J connectivity index is 1.37. The standard InChI is InChI=1S/C31H31BrClN7O4/c1-3-5-12-24-34-28(33)26(30(41)39-15-8-11-22(39)31(42)43-4-2)40(24)17-18-13-14-23-21(16-18)25(32)27(44-23)19-9-6-7-10-20(19)29-35-37-38-36-29/h6-7,9-10,13-14,16,22H,3-5,8,11-12,15,17H2,1-2H3,(H,35,36,37,38)/t22-/m0/s1. The number of hydrogen-bond donors (Lipinski definition) is 1. The molecule has 44 heavy (non-hydrogen) atoms. The van der Waals surface area contributed by atoms with Gasteiger partial charge in [-0.2, -0.15) is 0 Å². The third-order valence-corrected chi connectivity index (χ3v) is 8.89. The van der Waals surface area contributed by atoms with Gasteiger partial charge in [0.05, 0.1) is 11.1 Å². The number of furan rings is 1. The van der Waals surface area contributed by atoms with Gasteiger partial charge in [0.2, 0.25) is 0 Å². The van der Waals surface area contributed by atoms with E-state index in [1.165, 1.54) is 0 Å². The van der Waals surface area contributed by atoms with Crippen molar-refractivity contribution < 1.29 is 18.7 Å². The van der Waals surface area contributed by atoms with Crippen LogP contribution in [0.4, 0.5) is 0 Å². The number of H-pyrrole nitrogens is 1. The van der Waals surface area contributed by atoms with Gasteiger partial charge in [0.1, 0.15) is 28.9 Å². The third kappa shape index (κ3) is 5.63. The lowest BCUT2D eigenvalue weighted by Gasteiger charge is -2.24. The van der Waals surface area contributed by atoms with Gasteiger partial charge >= 0.3 is 5.97 Å². The molecule has 0 saturated carbocycles. The van der Waals surface area contributed by atoms with Crippen molar-refractivity contribution in [2.75, 3.05) is 13.2 Å². The molecule has 0 unspecified atom stereocenters. The summed E-state index contributed by atoms with van der Waals surface area (Å²) >= 11 is 10.4. The number of carbonyl (C=O) groups is 2. The van der Waals surface area contributed by atoms with Gasteiger partial charge in [-0.05, 0) is 70.2 Å². The first-order valence-corrected chi connectivity index (χ1v) is 15.8. The largest absolute Gasteiger partial charge is 0.464 e. The number of carbonyl (C=O) groups excluding carboxylic acids is 2. The molecule has 1 atom stereocenters. The normalized spacial score (nSPS) is 14.9. The highest BCUT2D eigenvalue weighted by molar-refractivity contribution is 9.10. The molecule has 11 nitrogen and oxygen atoms in total. The van der Waals surface area contributed by atoms with Gasteiger partial charge < -0.3 is 18.6 Å². The fourth-order valence-electron chi connectivity index (χ4n) is 5.73. The van der Waals surface area contributed by atoms with Crippen LogP contribution in [0.25, 0.3) is 33.7 Å². The molecule has 1 aliphatic heterocycles. The van der Waals surface area contributed by atoms with Crippen LogP contribution in [-0.4, -0.2) is 66.1 Å². The predicted octanol–water partition coefficient (Wildman–Crippen LogP) is 6.45. The number of unbranched alkanes of at least 4 members (excludes halogenated alkanes) is 1. The summed E-state index contributed by atoms with van der Waals surface area (Å²) in [5.74, 6) is 1.21. The third-order valence-electron chi connectivity index (χ3n) is 7.84. The predicted molar refractivity (Wildman–Crippen MR) is 168 cm³/mol. The number of halogens is 2. The van der Waals surface area contributed by atoms with Crippen molar-refractivity contribution in [3.05, 3.63) is 69.2 Å². The van der Waals surface area contributed by atoms with Crippen molar-refractivity contribution in [1.29, 1.82) is 0 Å². The molecule has 3 aromatic heterocycles. The maximum Gasteiger partial charge on any atom is 0.328 e. The first-order valence-electron chi connectivity index (χ1n) is 14.7. The summed E-state index contributed by atoms with van der Waals surface area (Å²) < 4.78 is 14.3. The van der Waals surface area contributed by atoms with E-state index in [0.29, 0.717) is 49.5 Å². The quantitative estimate of drug-likeness (QED) is 0.167. The molecule has 0 aliphatic carbocycles. The van der Waals surface area contributed by atoms with E-state index >= 15 is 0 Å². The lowest BCUT2D eigenvalue weighted by molar-refractivity contribution is -0.147. The second kappa shape index (κ2) is 12.9. The number of imidazole rings is 1. The van der Waals surface area contributed by atoms with E-state index in [4.69, 9.17) is 20.8 Å². The van der Waals surface area contributed by atoms with Crippen molar-refractivity contribution in [3.8, 4) is 22.7 Å². The molecule has 0 radical (unpaired) electrons. The van der Waals surface area contributed by atoms with Crippen LogP contribution in [0.1, 0.15) is 61.4 Å². The Morgan fingerprint density at radius 3 is 2.75 bits per heavy atom. The molecule has 1 saturated heterocycles. The van der Waals surface area contributed by atoms with Crippen molar-refractivity contribution >= 4 is 50.4 Å². The first kappa shape index (κ1) is 30.0. The fourth-order valence-corrected chi connectivity index (χ4v) is 6.61. The fraction of sp³-hybridized carbons (Fsp3) is 0.355. The molecule has 5 aromatic rings. The van der Waals surface area contributed by atoms with Crippen LogP contribution in [0.15, 0.2) is 51.4 Å². The second-order valence-corrected chi connectivity index (χ2v) is 11.8. The second-order valence-electron chi connectivity index (χ2n) is 10.6. The maximum absolute atomic E-state index is 14.0. The Morgan fingerprint density at radius 1 is 1.18 bits per heavy atom. The van der Waals surface area contributed by atoms with Crippen LogP contribution in [0.2, 0.25) is 5.15 Å². The maximum atomic E-state index is 14.0. The highest BCUT2D eigenvalue weighted by atomic mass is 79.9. The van der Waals surface area contributed by atoms with Crippen LogP contribution in [0.5, 0.6) is 0 Å². The zero-order chi connectivity index (χ0) is 30.8. The van der Waals surface area contributed by atoms with Crippen LogP contribution in [-0.2, 0) is 22.5 Å². The van der Waals surface area contributed by atoms with Gasteiger partial charge in [-0.25, -0.2) is 14.9 Å². The summed E-state index contributed by atoms with van der Waals surface area (Å²) in [6.07, 6.45) is 3.80. The molecule has 13 heteroatoms. The molecule has 228 valence electrons. The van der Waals surface area contributed by atoms with Crippen molar-refractivity contribution in [2.45, 2.75) is 58.5 Å². The molecule has 1 N–H and O–H groups in total. The number of aromatic amines is 1. The zero-order valence-corrected chi connectivity index (χ0v) is 26.7.